The third kappa shape index (κ3) is 4.04. The Morgan fingerprint density at radius 2 is 1.76 bits per heavy atom. The molecule has 7 heteroatoms. The molecule has 0 bridgehead atoms. The van der Waals surface area contributed by atoms with E-state index in [1.807, 2.05) is 54.1 Å². The number of carboxylic acid groups (broad SMARTS) is 1. The highest BCUT2D eigenvalue weighted by molar-refractivity contribution is 6.30. The van der Waals surface area contributed by atoms with E-state index in [0.717, 1.165) is 27.4 Å². The van der Waals surface area contributed by atoms with Crippen molar-refractivity contribution in [2.75, 3.05) is 0 Å². The van der Waals surface area contributed by atoms with E-state index in [4.69, 9.17) is 21.1 Å². The number of fused-ring (bicyclic) bond motifs is 3. The van der Waals surface area contributed by atoms with Crippen molar-refractivity contribution in [1.82, 2.24) is 9.88 Å². The van der Waals surface area contributed by atoms with Crippen LogP contribution in [0.1, 0.15) is 44.8 Å². The van der Waals surface area contributed by atoms with Gasteiger partial charge in [0, 0.05) is 28.5 Å². The number of carbonyl (C=O) groups excluding carboxylic acids is 1. The number of carboxylic acids is 1. The quantitative estimate of drug-likeness (QED) is 0.304. The number of furan rings is 1. The lowest BCUT2D eigenvalue weighted by Gasteiger charge is -2.16. The summed E-state index contributed by atoms with van der Waals surface area (Å²) in [6.45, 7) is 2.44. The number of benzene rings is 3. The number of halogens is 1. The molecule has 0 aliphatic rings. The van der Waals surface area contributed by atoms with E-state index in [2.05, 4.69) is 5.32 Å². The average molecular weight is 473 g/mol. The lowest BCUT2D eigenvalue weighted by molar-refractivity contribution is 0.0696. The predicted molar refractivity (Wildman–Crippen MR) is 132 cm³/mol. The summed E-state index contributed by atoms with van der Waals surface area (Å²) in [4.78, 5) is 24.6. The van der Waals surface area contributed by atoms with E-state index in [-0.39, 0.29) is 17.5 Å². The van der Waals surface area contributed by atoms with Crippen molar-refractivity contribution < 1.29 is 19.1 Å². The first-order valence-corrected chi connectivity index (χ1v) is 11.2. The van der Waals surface area contributed by atoms with Crippen LogP contribution in [0.25, 0.3) is 21.9 Å². The summed E-state index contributed by atoms with van der Waals surface area (Å²) in [5.74, 6) is -1.23. The average Bonchev–Trinajstić information content (AvgIpc) is 3.47. The topological polar surface area (TPSA) is 84.5 Å². The molecule has 5 rings (SSSR count). The van der Waals surface area contributed by atoms with E-state index in [1.54, 1.807) is 24.5 Å². The Balaban J connectivity index is 1.51. The van der Waals surface area contributed by atoms with Crippen LogP contribution in [0.15, 0.2) is 83.6 Å². The first-order valence-electron chi connectivity index (χ1n) is 10.8. The van der Waals surface area contributed by atoms with Gasteiger partial charge in [-0.05, 0) is 60.5 Å². The van der Waals surface area contributed by atoms with Gasteiger partial charge in [0.1, 0.15) is 5.58 Å². The van der Waals surface area contributed by atoms with Crippen LogP contribution in [-0.2, 0) is 6.54 Å². The maximum absolute atomic E-state index is 13.5. The minimum atomic E-state index is -0.987. The molecule has 0 spiro atoms. The second kappa shape index (κ2) is 8.72. The normalized spacial score (nSPS) is 12.2. The number of aromatic nitrogens is 1. The molecule has 1 atom stereocenters. The summed E-state index contributed by atoms with van der Waals surface area (Å²) >= 11 is 6.03. The summed E-state index contributed by atoms with van der Waals surface area (Å²) < 4.78 is 7.67. The molecule has 2 N–H and O–H groups in total. The molecule has 0 saturated carbocycles. The zero-order valence-corrected chi connectivity index (χ0v) is 19.0. The van der Waals surface area contributed by atoms with Gasteiger partial charge in [0.25, 0.3) is 5.91 Å². The van der Waals surface area contributed by atoms with Crippen molar-refractivity contribution in [3.8, 4) is 0 Å². The number of carbonyl (C=O) groups is 2. The van der Waals surface area contributed by atoms with E-state index in [0.29, 0.717) is 22.7 Å². The fourth-order valence-electron chi connectivity index (χ4n) is 4.21. The fourth-order valence-corrected chi connectivity index (χ4v) is 4.33. The molecule has 1 amide bonds. The molecule has 0 radical (unpaired) electrons. The smallest absolute Gasteiger partial charge is 0.335 e. The number of hydrogen-bond donors (Lipinski definition) is 2. The summed E-state index contributed by atoms with van der Waals surface area (Å²) in [6.07, 6.45) is 3.59. The van der Waals surface area contributed by atoms with Gasteiger partial charge in [-0.1, -0.05) is 35.9 Å². The van der Waals surface area contributed by atoms with Crippen LogP contribution in [0.4, 0.5) is 0 Å². The molecule has 6 nitrogen and oxygen atoms in total. The molecule has 34 heavy (non-hydrogen) atoms. The molecule has 3 aromatic carbocycles. The standard InChI is InChI=1S/C27H21ClN2O4/c1-16(18-4-6-19(7-5-18)27(32)33)29-26(31)23-14-24-21(11-13-34-24)22-10-12-30(25(22)23)15-17-2-8-20(28)9-3-17/h2-14,16H,15H2,1H3,(H,29,31)(H,32,33)/t16-/m0/s1. The highest BCUT2D eigenvalue weighted by atomic mass is 35.5. The Labute approximate surface area is 200 Å². The first-order chi connectivity index (χ1) is 16.4. The molecule has 2 heterocycles. The van der Waals surface area contributed by atoms with Crippen LogP contribution in [0.5, 0.6) is 0 Å². The molecular formula is C27H21ClN2O4. The van der Waals surface area contributed by atoms with Crippen LogP contribution < -0.4 is 5.32 Å². The Hall–Kier alpha value is -4.03. The third-order valence-electron chi connectivity index (χ3n) is 6.00. The highest BCUT2D eigenvalue weighted by Crippen LogP contribution is 2.31. The zero-order chi connectivity index (χ0) is 23.8. The number of rotatable bonds is 6. The molecule has 0 unspecified atom stereocenters. The molecule has 0 fully saturated rings. The minimum absolute atomic E-state index is 0.201. The van der Waals surface area contributed by atoms with Crippen molar-refractivity contribution in [1.29, 1.82) is 0 Å². The number of aromatic carboxylic acids is 1. The van der Waals surface area contributed by atoms with E-state index >= 15 is 0 Å². The maximum atomic E-state index is 13.5. The molecule has 0 aliphatic heterocycles. The number of hydrogen-bond acceptors (Lipinski definition) is 3. The van der Waals surface area contributed by atoms with Gasteiger partial charge in [-0.3, -0.25) is 4.79 Å². The highest BCUT2D eigenvalue weighted by Gasteiger charge is 2.20. The van der Waals surface area contributed by atoms with E-state index in [1.165, 1.54) is 12.1 Å². The summed E-state index contributed by atoms with van der Waals surface area (Å²) in [5, 5.41) is 14.7. The van der Waals surface area contributed by atoms with Crippen molar-refractivity contribution in [2.45, 2.75) is 19.5 Å². The van der Waals surface area contributed by atoms with Gasteiger partial charge in [0.2, 0.25) is 0 Å². The Kier molecular flexibility index (Phi) is 5.59. The SMILES string of the molecule is C[C@H](NC(=O)c1cc2occc2c2ccn(Cc3ccc(Cl)cc3)c12)c1ccc(C(=O)O)cc1. The second-order valence-corrected chi connectivity index (χ2v) is 8.65. The molecule has 0 saturated heterocycles. The second-order valence-electron chi connectivity index (χ2n) is 8.21. The molecule has 5 aromatic rings. The molecule has 170 valence electrons. The number of nitrogens with one attached hydrogen (secondary N) is 1. The monoisotopic (exact) mass is 472 g/mol. The molecular weight excluding hydrogens is 452 g/mol. The first kappa shape index (κ1) is 21.8. The van der Waals surface area contributed by atoms with E-state index < -0.39 is 5.97 Å². The molecule has 0 aliphatic carbocycles. The molecule has 2 aromatic heterocycles. The lowest BCUT2D eigenvalue weighted by atomic mass is 10.0. The van der Waals surface area contributed by atoms with Gasteiger partial charge in [0.05, 0.1) is 28.9 Å². The van der Waals surface area contributed by atoms with Gasteiger partial charge >= 0.3 is 5.97 Å². The van der Waals surface area contributed by atoms with Gasteiger partial charge in [0.15, 0.2) is 0 Å². The minimum Gasteiger partial charge on any atom is -0.478 e. The lowest BCUT2D eigenvalue weighted by Crippen LogP contribution is -2.27. The van der Waals surface area contributed by atoms with Gasteiger partial charge in [-0.2, -0.15) is 0 Å². The van der Waals surface area contributed by atoms with Crippen LogP contribution in [-0.4, -0.2) is 21.6 Å². The predicted octanol–water partition coefficient (Wildman–Crippen LogP) is 6.28. The number of amides is 1. The van der Waals surface area contributed by atoms with Crippen molar-refractivity contribution >= 4 is 45.3 Å². The fraction of sp³-hybridized carbons (Fsp3) is 0.111. The van der Waals surface area contributed by atoms with Crippen molar-refractivity contribution in [2.24, 2.45) is 0 Å². The van der Waals surface area contributed by atoms with Crippen LogP contribution >= 0.6 is 11.6 Å². The Bertz CT molecular complexity index is 1510. The van der Waals surface area contributed by atoms with Crippen LogP contribution in [0, 0.1) is 0 Å². The number of nitrogens with zero attached hydrogens (tertiary/aromatic N) is 1. The van der Waals surface area contributed by atoms with Gasteiger partial charge in [-0.15, -0.1) is 0 Å². The Morgan fingerprint density at radius 1 is 1.03 bits per heavy atom. The summed E-state index contributed by atoms with van der Waals surface area (Å²) in [6, 6.07) is 19.5. The van der Waals surface area contributed by atoms with Crippen LogP contribution in [0.3, 0.4) is 0 Å². The van der Waals surface area contributed by atoms with Crippen molar-refractivity contribution in [3.63, 3.8) is 0 Å². The summed E-state index contributed by atoms with van der Waals surface area (Å²) in [7, 11) is 0. The van der Waals surface area contributed by atoms with Gasteiger partial charge in [-0.25, -0.2) is 4.79 Å². The van der Waals surface area contributed by atoms with Gasteiger partial charge < -0.3 is 19.4 Å². The maximum Gasteiger partial charge on any atom is 0.335 e. The largest absolute Gasteiger partial charge is 0.478 e. The van der Waals surface area contributed by atoms with Crippen LogP contribution in [0.2, 0.25) is 5.02 Å². The van der Waals surface area contributed by atoms with E-state index in [9.17, 15) is 9.59 Å². The van der Waals surface area contributed by atoms with Crippen molar-refractivity contribution in [3.05, 3.63) is 106 Å². The Morgan fingerprint density at radius 3 is 2.47 bits per heavy atom. The third-order valence-corrected chi connectivity index (χ3v) is 6.25. The summed E-state index contributed by atoms with van der Waals surface area (Å²) in [5.41, 5.74) is 4.03. The zero-order valence-electron chi connectivity index (χ0n) is 18.3.